The van der Waals surface area contributed by atoms with Crippen molar-refractivity contribution >= 4 is 39.0 Å². The van der Waals surface area contributed by atoms with Crippen LogP contribution in [0.4, 0.5) is 17.1 Å². The van der Waals surface area contributed by atoms with Crippen LogP contribution < -0.4 is 14.8 Å². The summed E-state index contributed by atoms with van der Waals surface area (Å²) in [6.45, 7) is 1.61. The Morgan fingerprint density at radius 3 is 2.26 bits per heavy atom. The van der Waals surface area contributed by atoms with E-state index in [0.717, 1.165) is 0 Å². The summed E-state index contributed by atoms with van der Waals surface area (Å²) in [5.41, 5.74) is -0.0322. The van der Waals surface area contributed by atoms with Crippen molar-refractivity contribution in [1.29, 1.82) is 0 Å². The molecular formula is C23H21N3O8S. The summed E-state index contributed by atoms with van der Waals surface area (Å²) in [6, 6.07) is 16.9. The zero-order chi connectivity index (χ0) is 25.4. The molecule has 0 aromatic heterocycles. The molecule has 0 radical (unpaired) electrons. The summed E-state index contributed by atoms with van der Waals surface area (Å²) in [5.74, 6) is -1.04. The van der Waals surface area contributed by atoms with Gasteiger partial charge in [-0.2, -0.15) is 0 Å². The standard InChI is InChI=1S/C23H21N3O8S/c1-2-33-18-11-13-19(14-12-18)35(31,32)25-17-9-7-16(8-10-17)23(28)34-15-22(27)24-20-5-3-4-6-21(20)26(29)30/h3-14,25H,2,15H2,1H3,(H,24,27). The highest BCUT2D eigenvalue weighted by atomic mass is 32.2. The zero-order valence-electron chi connectivity index (χ0n) is 18.5. The quantitative estimate of drug-likeness (QED) is 0.244. The molecule has 0 aliphatic rings. The van der Waals surface area contributed by atoms with Gasteiger partial charge in [-0.15, -0.1) is 0 Å². The van der Waals surface area contributed by atoms with Gasteiger partial charge in [-0.3, -0.25) is 19.6 Å². The first-order valence-corrected chi connectivity index (χ1v) is 11.7. The molecule has 0 heterocycles. The first-order chi connectivity index (χ1) is 16.7. The molecule has 1 amide bonds. The molecule has 182 valence electrons. The predicted octanol–water partition coefficient (Wildman–Crippen LogP) is 3.59. The molecular weight excluding hydrogens is 478 g/mol. The van der Waals surface area contributed by atoms with Gasteiger partial charge in [0.25, 0.3) is 21.6 Å². The van der Waals surface area contributed by atoms with Crippen LogP contribution in [0.2, 0.25) is 0 Å². The summed E-state index contributed by atoms with van der Waals surface area (Å²) < 4.78 is 37.7. The summed E-state index contributed by atoms with van der Waals surface area (Å²) >= 11 is 0. The highest BCUT2D eigenvalue weighted by Crippen LogP contribution is 2.23. The Kier molecular flexibility index (Phi) is 8.00. The number of carbonyl (C=O) groups is 2. The maximum atomic E-state index is 12.6. The monoisotopic (exact) mass is 499 g/mol. The molecule has 3 aromatic carbocycles. The van der Waals surface area contributed by atoms with Gasteiger partial charge in [0, 0.05) is 11.8 Å². The number of hydrogen-bond donors (Lipinski definition) is 2. The number of nitrogens with one attached hydrogen (secondary N) is 2. The molecule has 0 aliphatic carbocycles. The molecule has 35 heavy (non-hydrogen) atoms. The number of nitrogens with zero attached hydrogens (tertiary/aromatic N) is 1. The molecule has 11 nitrogen and oxygen atoms in total. The van der Waals surface area contributed by atoms with Crippen LogP contribution >= 0.6 is 0 Å². The van der Waals surface area contributed by atoms with Crippen molar-refractivity contribution in [3.63, 3.8) is 0 Å². The minimum absolute atomic E-state index is 0.0253. The number of ether oxygens (including phenoxy) is 2. The third kappa shape index (κ3) is 6.77. The molecule has 0 aliphatic heterocycles. The highest BCUT2D eigenvalue weighted by Gasteiger charge is 2.17. The van der Waals surface area contributed by atoms with E-state index in [1.165, 1.54) is 60.7 Å². The van der Waals surface area contributed by atoms with Crippen molar-refractivity contribution in [2.24, 2.45) is 0 Å². The average molecular weight is 500 g/mol. The van der Waals surface area contributed by atoms with Crippen molar-refractivity contribution in [3.8, 4) is 5.75 Å². The number of sulfonamides is 1. The number of hydrogen-bond acceptors (Lipinski definition) is 8. The lowest BCUT2D eigenvalue weighted by Gasteiger charge is -2.10. The van der Waals surface area contributed by atoms with E-state index < -0.39 is 33.4 Å². The van der Waals surface area contributed by atoms with Gasteiger partial charge in [0.1, 0.15) is 11.4 Å². The number of anilines is 2. The molecule has 12 heteroatoms. The molecule has 0 bridgehead atoms. The second-order valence-corrected chi connectivity index (χ2v) is 8.67. The van der Waals surface area contributed by atoms with Gasteiger partial charge in [-0.25, -0.2) is 13.2 Å². The van der Waals surface area contributed by atoms with E-state index in [0.29, 0.717) is 12.4 Å². The van der Waals surface area contributed by atoms with Crippen LogP contribution in [0.5, 0.6) is 5.75 Å². The van der Waals surface area contributed by atoms with E-state index >= 15 is 0 Å². The van der Waals surface area contributed by atoms with Crippen LogP contribution in [-0.2, 0) is 19.6 Å². The van der Waals surface area contributed by atoms with Crippen molar-refractivity contribution in [1.82, 2.24) is 0 Å². The minimum atomic E-state index is -3.86. The molecule has 2 N–H and O–H groups in total. The van der Waals surface area contributed by atoms with Gasteiger partial charge in [-0.05, 0) is 61.5 Å². The molecule has 0 saturated heterocycles. The summed E-state index contributed by atoms with van der Waals surface area (Å²) in [7, 11) is -3.86. The van der Waals surface area contributed by atoms with Crippen molar-refractivity contribution in [2.45, 2.75) is 11.8 Å². The van der Waals surface area contributed by atoms with Gasteiger partial charge >= 0.3 is 5.97 Å². The smallest absolute Gasteiger partial charge is 0.338 e. The number of nitro groups is 1. The number of rotatable bonds is 10. The summed E-state index contributed by atoms with van der Waals surface area (Å²) in [6.07, 6.45) is 0. The molecule has 0 atom stereocenters. The Labute approximate surface area is 200 Å². The second kappa shape index (κ2) is 11.1. The number of esters is 1. The Balaban J connectivity index is 1.57. The highest BCUT2D eigenvalue weighted by molar-refractivity contribution is 7.92. The lowest BCUT2D eigenvalue weighted by molar-refractivity contribution is -0.383. The zero-order valence-corrected chi connectivity index (χ0v) is 19.3. The molecule has 0 fully saturated rings. The maximum absolute atomic E-state index is 12.6. The van der Waals surface area contributed by atoms with E-state index in [2.05, 4.69) is 10.0 Å². The predicted molar refractivity (Wildman–Crippen MR) is 127 cm³/mol. The Bertz CT molecular complexity index is 1320. The Hall–Kier alpha value is -4.45. The SMILES string of the molecule is CCOc1ccc(S(=O)(=O)Nc2ccc(C(=O)OCC(=O)Nc3ccccc3[N+](=O)[O-])cc2)cc1. The van der Waals surface area contributed by atoms with E-state index in [4.69, 9.17) is 9.47 Å². The van der Waals surface area contributed by atoms with Gasteiger partial charge in [0.05, 0.1) is 22.0 Å². The molecule has 0 unspecified atom stereocenters. The second-order valence-electron chi connectivity index (χ2n) is 6.99. The normalized spacial score (nSPS) is 10.8. The first kappa shape index (κ1) is 25.2. The lowest BCUT2D eigenvalue weighted by Crippen LogP contribution is -2.21. The van der Waals surface area contributed by atoms with E-state index in [-0.39, 0.29) is 27.5 Å². The number of benzene rings is 3. The van der Waals surface area contributed by atoms with Crippen LogP contribution in [0, 0.1) is 10.1 Å². The number of carbonyl (C=O) groups excluding carboxylic acids is 2. The largest absolute Gasteiger partial charge is 0.494 e. The van der Waals surface area contributed by atoms with Crippen LogP contribution in [0.1, 0.15) is 17.3 Å². The van der Waals surface area contributed by atoms with E-state index in [1.807, 2.05) is 6.92 Å². The number of amides is 1. The molecule has 0 spiro atoms. The summed E-state index contributed by atoms with van der Waals surface area (Å²) in [5, 5.41) is 13.3. The average Bonchev–Trinajstić information content (AvgIpc) is 2.83. The molecule has 0 saturated carbocycles. The molecule has 3 aromatic rings. The van der Waals surface area contributed by atoms with E-state index in [1.54, 1.807) is 12.1 Å². The van der Waals surface area contributed by atoms with Gasteiger partial charge in [-0.1, -0.05) is 12.1 Å². The fourth-order valence-corrected chi connectivity index (χ4v) is 3.97. The van der Waals surface area contributed by atoms with Gasteiger partial charge < -0.3 is 14.8 Å². The van der Waals surface area contributed by atoms with Crippen molar-refractivity contribution < 1.29 is 32.4 Å². The lowest BCUT2D eigenvalue weighted by atomic mass is 10.2. The Morgan fingerprint density at radius 2 is 1.63 bits per heavy atom. The van der Waals surface area contributed by atoms with Crippen molar-refractivity contribution in [2.75, 3.05) is 23.3 Å². The first-order valence-electron chi connectivity index (χ1n) is 10.3. The van der Waals surface area contributed by atoms with E-state index in [9.17, 15) is 28.1 Å². The maximum Gasteiger partial charge on any atom is 0.338 e. The van der Waals surface area contributed by atoms with Gasteiger partial charge in [0.2, 0.25) is 0 Å². The van der Waals surface area contributed by atoms with Crippen molar-refractivity contribution in [3.05, 3.63) is 88.5 Å². The summed E-state index contributed by atoms with van der Waals surface area (Å²) in [4.78, 5) is 34.6. The van der Waals surface area contributed by atoms with Gasteiger partial charge in [0.15, 0.2) is 6.61 Å². The van der Waals surface area contributed by atoms with Crippen LogP contribution in [0.15, 0.2) is 77.7 Å². The Morgan fingerprint density at radius 1 is 0.971 bits per heavy atom. The fourth-order valence-electron chi connectivity index (χ4n) is 2.91. The fraction of sp³-hybridized carbons (Fsp3) is 0.130. The van der Waals surface area contributed by atoms with Crippen LogP contribution in [-0.4, -0.2) is 38.4 Å². The van der Waals surface area contributed by atoms with Crippen LogP contribution in [0.25, 0.3) is 0 Å². The molecule has 3 rings (SSSR count). The topological polar surface area (TPSA) is 154 Å². The third-order valence-electron chi connectivity index (χ3n) is 4.53. The van der Waals surface area contributed by atoms with Crippen LogP contribution in [0.3, 0.4) is 0 Å². The number of nitro benzene ring substituents is 1. The minimum Gasteiger partial charge on any atom is -0.494 e. The number of para-hydroxylation sites is 2. The third-order valence-corrected chi connectivity index (χ3v) is 5.92.